The summed E-state index contributed by atoms with van der Waals surface area (Å²) < 4.78 is 0. The van der Waals surface area contributed by atoms with E-state index in [0.717, 1.165) is 30.5 Å². The van der Waals surface area contributed by atoms with E-state index in [1.165, 1.54) is 4.90 Å². The summed E-state index contributed by atoms with van der Waals surface area (Å²) in [4.78, 5) is 24.5. The van der Waals surface area contributed by atoms with Gasteiger partial charge >= 0.3 is 6.03 Å². The minimum Gasteiger partial charge on any atom is -0.351 e. The highest BCUT2D eigenvalue weighted by Crippen LogP contribution is 2.21. The van der Waals surface area contributed by atoms with Gasteiger partial charge in [0.2, 0.25) is 11.9 Å². The van der Waals surface area contributed by atoms with Crippen LogP contribution in [0.5, 0.6) is 0 Å². The lowest BCUT2D eigenvalue weighted by molar-refractivity contribution is 0.256. The summed E-state index contributed by atoms with van der Waals surface area (Å²) in [5, 5.41) is 3.15. The third-order valence-corrected chi connectivity index (χ3v) is 4.25. The Labute approximate surface area is 166 Å². The lowest BCUT2D eigenvalue weighted by Crippen LogP contribution is -2.54. The molecule has 28 heavy (non-hydrogen) atoms. The fourth-order valence-electron chi connectivity index (χ4n) is 2.97. The quantitative estimate of drug-likeness (QED) is 0.478. The van der Waals surface area contributed by atoms with Crippen molar-refractivity contribution in [3.05, 3.63) is 29.3 Å². The molecule has 0 aliphatic carbocycles. The van der Waals surface area contributed by atoms with Gasteiger partial charge in [0.15, 0.2) is 0 Å². The predicted octanol–water partition coefficient (Wildman–Crippen LogP) is 1.85. The summed E-state index contributed by atoms with van der Waals surface area (Å²) in [6, 6.07) is 5.03. The van der Waals surface area contributed by atoms with Crippen LogP contribution in [-0.4, -0.2) is 49.0 Å². The minimum absolute atomic E-state index is 0.0828. The Morgan fingerprint density at radius 2 is 2.14 bits per heavy atom. The second-order valence-electron chi connectivity index (χ2n) is 6.47. The van der Waals surface area contributed by atoms with Gasteiger partial charge < -0.3 is 10.6 Å². The van der Waals surface area contributed by atoms with Crippen LogP contribution < -0.4 is 16.0 Å². The normalized spacial score (nSPS) is 14.4. The number of hydrogen-bond donors (Lipinski definition) is 2. The molecule has 7 heteroatoms. The lowest BCUT2D eigenvalue weighted by atomic mass is 10.1. The van der Waals surface area contributed by atoms with Gasteiger partial charge in [0.05, 0.1) is 12.2 Å². The van der Waals surface area contributed by atoms with E-state index in [9.17, 15) is 4.79 Å². The average molecular weight is 378 g/mol. The number of benzene rings is 1. The van der Waals surface area contributed by atoms with E-state index >= 15 is 0 Å². The number of carbonyl (C=O) groups excluding carboxylic acids is 1. The van der Waals surface area contributed by atoms with Gasteiger partial charge in [-0.15, -0.1) is 12.8 Å². The van der Waals surface area contributed by atoms with Crippen LogP contribution in [0.4, 0.5) is 10.5 Å². The molecule has 0 unspecified atom stereocenters. The van der Waals surface area contributed by atoms with Crippen LogP contribution in [0.25, 0.3) is 0 Å². The molecule has 0 radical (unpaired) electrons. The lowest BCUT2D eigenvalue weighted by Gasteiger charge is -2.28. The van der Waals surface area contributed by atoms with Crippen LogP contribution in [0.1, 0.15) is 24.0 Å². The standard InChI is InChI=1S/C21H26N6O/c1-5-11-23-21(25-20-24-12-7-8-14-26(20)13-6-2)27(19(22)28)18-10-9-16(3)15-17(18)4/h1-2,9-10,15H,7-8,11-14H2,3-4H3,(H2,22,28)(H,23,24,25). The first kappa shape index (κ1) is 20.9. The number of nitrogens with one attached hydrogen (secondary N) is 1. The van der Waals surface area contributed by atoms with Crippen molar-refractivity contribution in [3.8, 4) is 24.7 Å². The van der Waals surface area contributed by atoms with E-state index < -0.39 is 6.03 Å². The largest absolute Gasteiger partial charge is 0.351 e. The Balaban J connectivity index is 2.45. The molecule has 1 aromatic carbocycles. The van der Waals surface area contributed by atoms with Crippen LogP contribution in [0, 0.1) is 38.5 Å². The molecule has 0 bridgehead atoms. The molecular weight excluding hydrogens is 352 g/mol. The number of aliphatic imine (C=N–C) groups is 2. The molecule has 1 aromatic rings. The first-order chi connectivity index (χ1) is 13.5. The number of nitrogens with two attached hydrogens (primary N) is 1. The molecule has 146 valence electrons. The van der Waals surface area contributed by atoms with Crippen molar-refractivity contribution >= 4 is 23.6 Å². The summed E-state index contributed by atoms with van der Waals surface area (Å²) >= 11 is 0. The van der Waals surface area contributed by atoms with Gasteiger partial charge in [-0.1, -0.05) is 29.5 Å². The number of rotatable bonds is 3. The van der Waals surface area contributed by atoms with Crippen molar-refractivity contribution in [1.29, 1.82) is 0 Å². The number of urea groups is 1. The number of amides is 2. The molecule has 1 heterocycles. The fourth-order valence-corrected chi connectivity index (χ4v) is 2.97. The molecule has 0 atom stereocenters. The summed E-state index contributed by atoms with van der Waals surface area (Å²) in [5.41, 5.74) is 8.29. The second kappa shape index (κ2) is 10.0. The Kier molecular flexibility index (Phi) is 7.47. The molecule has 3 N–H and O–H groups in total. The smallest absolute Gasteiger partial charge is 0.326 e. The maximum Gasteiger partial charge on any atom is 0.326 e. The Hall–Kier alpha value is -3.45. The minimum atomic E-state index is -0.673. The SMILES string of the molecule is C#CCN=C(NC1=NCCCCN1CC#C)N(C(N)=O)c1ccc(C)cc1C. The Bertz CT molecular complexity index is 859. The molecule has 0 spiro atoms. The summed E-state index contributed by atoms with van der Waals surface area (Å²) in [7, 11) is 0. The van der Waals surface area contributed by atoms with Crippen molar-refractivity contribution in [2.45, 2.75) is 26.7 Å². The van der Waals surface area contributed by atoms with Gasteiger partial charge in [-0.05, 0) is 38.3 Å². The average Bonchev–Trinajstić information content (AvgIpc) is 2.87. The van der Waals surface area contributed by atoms with Crippen LogP contribution in [0.15, 0.2) is 28.2 Å². The van der Waals surface area contributed by atoms with Crippen LogP contribution in [0.2, 0.25) is 0 Å². The van der Waals surface area contributed by atoms with Gasteiger partial charge in [0.25, 0.3) is 0 Å². The molecular formula is C21H26N6O. The van der Waals surface area contributed by atoms with Crippen molar-refractivity contribution < 1.29 is 4.79 Å². The first-order valence-corrected chi connectivity index (χ1v) is 9.12. The molecule has 2 rings (SSSR count). The van der Waals surface area contributed by atoms with Crippen LogP contribution in [0.3, 0.4) is 0 Å². The van der Waals surface area contributed by atoms with E-state index in [0.29, 0.717) is 24.7 Å². The fraction of sp³-hybridized carbons (Fsp3) is 0.381. The number of primary amides is 1. The van der Waals surface area contributed by atoms with Gasteiger partial charge in [0, 0.05) is 13.1 Å². The Morgan fingerprint density at radius 1 is 1.36 bits per heavy atom. The van der Waals surface area contributed by atoms with Crippen molar-refractivity contribution in [2.24, 2.45) is 15.7 Å². The zero-order valence-electron chi connectivity index (χ0n) is 16.4. The summed E-state index contributed by atoms with van der Waals surface area (Å²) in [6.07, 6.45) is 12.8. The van der Waals surface area contributed by atoms with E-state index in [2.05, 4.69) is 27.1 Å². The number of aryl methyl sites for hydroxylation is 2. The van der Waals surface area contributed by atoms with Gasteiger partial charge in [0.1, 0.15) is 6.54 Å². The van der Waals surface area contributed by atoms with E-state index in [-0.39, 0.29) is 12.5 Å². The van der Waals surface area contributed by atoms with Gasteiger partial charge in [-0.25, -0.2) is 14.7 Å². The highest BCUT2D eigenvalue weighted by atomic mass is 16.2. The highest BCUT2D eigenvalue weighted by molar-refractivity contribution is 6.19. The zero-order chi connectivity index (χ0) is 20.5. The monoisotopic (exact) mass is 378 g/mol. The van der Waals surface area contributed by atoms with Crippen molar-refractivity contribution in [3.63, 3.8) is 0 Å². The second-order valence-corrected chi connectivity index (χ2v) is 6.47. The molecule has 1 aliphatic rings. The predicted molar refractivity (Wildman–Crippen MR) is 114 cm³/mol. The van der Waals surface area contributed by atoms with E-state index in [4.69, 9.17) is 18.6 Å². The zero-order valence-corrected chi connectivity index (χ0v) is 16.4. The number of nitrogens with zero attached hydrogens (tertiary/aromatic N) is 4. The molecule has 0 saturated heterocycles. The first-order valence-electron chi connectivity index (χ1n) is 9.12. The van der Waals surface area contributed by atoms with Gasteiger partial charge in [-0.2, -0.15) is 0 Å². The number of terminal acetylenes is 2. The third kappa shape index (κ3) is 5.28. The number of anilines is 1. The summed E-state index contributed by atoms with van der Waals surface area (Å²) in [5.74, 6) is 5.88. The summed E-state index contributed by atoms with van der Waals surface area (Å²) in [6.45, 7) is 5.79. The maximum atomic E-state index is 12.3. The third-order valence-electron chi connectivity index (χ3n) is 4.25. The number of guanidine groups is 2. The molecule has 0 saturated carbocycles. The van der Waals surface area contributed by atoms with Crippen molar-refractivity contribution in [1.82, 2.24) is 10.2 Å². The van der Waals surface area contributed by atoms with Gasteiger partial charge in [-0.3, -0.25) is 10.3 Å². The molecule has 0 fully saturated rings. The number of hydrogen-bond acceptors (Lipinski definition) is 4. The molecule has 0 aromatic heterocycles. The van der Waals surface area contributed by atoms with Crippen LogP contribution in [-0.2, 0) is 0 Å². The Morgan fingerprint density at radius 3 is 2.79 bits per heavy atom. The molecule has 7 nitrogen and oxygen atoms in total. The molecule has 2 amide bonds. The van der Waals surface area contributed by atoms with Crippen LogP contribution >= 0.6 is 0 Å². The highest BCUT2D eigenvalue weighted by Gasteiger charge is 2.24. The number of carbonyl (C=O) groups is 1. The topological polar surface area (TPSA) is 86.3 Å². The molecule has 1 aliphatic heterocycles. The van der Waals surface area contributed by atoms with E-state index in [1.807, 2.05) is 36.9 Å². The maximum absolute atomic E-state index is 12.3. The van der Waals surface area contributed by atoms with Crippen molar-refractivity contribution in [2.75, 3.05) is 31.1 Å². The van der Waals surface area contributed by atoms with E-state index in [1.54, 1.807) is 0 Å².